The van der Waals surface area contributed by atoms with Crippen molar-refractivity contribution in [2.75, 3.05) is 0 Å². The lowest BCUT2D eigenvalue weighted by molar-refractivity contribution is -0.117. The SMILES string of the molecule is CC(C)(C)c1ccc(/C=C(/C#N)C(=O)NCc2ccco2)cc1. The number of nitrogens with one attached hydrogen (secondary N) is 1. The zero-order chi connectivity index (χ0) is 16.9. The summed E-state index contributed by atoms with van der Waals surface area (Å²) in [5.74, 6) is 0.231. The van der Waals surface area contributed by atoms with Crippen molar-refractivity contribution in [1.29, 1.82) is 5.26 Å². The molecule has 1 heterocycles. The van der Waals surface area contributed by atoms with Gasteiger partial charge in [0.1, 0.15) is 17.4 Å². The van der Waals surface area contributed by atoms with E-state index >= 15 is 0 Å². The molecule has 0 aliphatic carbocycles. The fourth-order valence-electron chi connectivity index (χ4n) is 2.07. The highest BCUT2D eigenvalue weighted by molar-refractivity contribution is 6.01. The molecule has 2 aromatic rings. The maximum atomic E-state index is 12.1. The molecule has 4 heteroatoms. The van der Waals surface area contributed by atoms with E-state index in [1.807, 2.05) is 30.3 Å². The van der Waals surface area contributed by atoms with Gasteiger partial charge in [-0.2, -0.15) is 5.26 Å². The lowest BCUT2D eigenvalue weighted by Crippen LogP contribution is -2.23. The third kappa shape index (κ3) is 4.58. The van der Waals surface area contributed by atoms with Crippen LogP contribution in [0.3, 0.4) is 0 Å². The molecule has 0 spiro atoms. The minimum absolute atomic E-state index is 0.0695. The van der Waals surface area contributed by atoms with Gasteiger partial charge in [-0.25, -0.2) is 0 Å². The second-order valence-corrected chi connectivity index (χ2v) is 6.30. The van der Waals surface area contributed by atoms with E-state index in [0.29, 0.717) is 5.76 Å². The van der Waals surface area contributed by atoms with Gasteiger partial charge in [-0.1, -0.05) is 45.0 Å². The van der Waals surface area contributed by atoms with Gasteiger partial charge in [-0.15, -0.1) is 0 Å². The van der Waals surface area contributed by atoms with Crippen molar-refractivity contribution in [3.8, 4) is 6.07 Å². The monoisotopic (exact) mass is 308 g/mol. The molecular formula is C19H20N2O2. The molecule has 0 radical (unpaired) electrons. The number of hydrogen-bond acceptors (Lipinski definition) is 3. The van der Waals surface area contributed by atoms with Crippen molar-refractivity contribution in [3.63, 3.8) is 0 Å². The number of furan rings is 1. The topological polar surface area (TPSA) is 66.0 Å². The summed E-state index contributed by atoms with van der Waals surface area (Å²) in [5.41, 5.74) is 2.17. The van der Waals surface area contributed by atoms with Crippen LogP contribution in [0.2, 0.25) is 0 Å². The number of benzene rings is 1. The second kappa shape index (κ2) is 6.97. The smallest absolute Gasteiger partial charge is 0.262 e. The van der Waals surface area contributed by atoms with Crippen LogP contribution in [0.15, 0.2) is 52.7 Å². The average molecular weight is 308 g/mol. The van der Waals surface area contributed by atoms with Crippen LogP contribution in [0.4, 0.5) is 0 Å². The first-order chi connectivity index (χ1) is 10.9. The lowest BCUT2D eigenvalue weighted by atomic mass is 9.86. The van der Waals surface area contributed by atoms with E-state index < -0.39 is 5.91 Å². The van der Waals surface area contributed by atoms with Crippen molar-refractivity contribution in [1.82, 2.24) is 5.32 Å². The van der Waals surface area contributed by atoms with Crippen LogP contribution in [0.25, 0.3) is 6.08 Å². The van der Waals surface area contributed by atoms with Crippen LogP contribution < -0.4 is 5.32 Å². The number of nitrogens with zero attached hydrogens (tertiary/aromatic N) is 1. The summed E-state index contributed by atoms with van der Waals surface area (Å²) in [6.45, 7) is 6.68. The molecule has 0 bridgehead atoms. The van der Waals surface area contributed by atoms with Crippen LogP contribution in [0.5, 0.6) is 0 Å². The average Bonchev–Trinajstić information content (AvgIpc) is 3.03. The summed E-state index contributed by atoms with van der Waals surface area (Å²) in [6, 6.07) is 13.3. The number of amides is 1. The summed E-state index contributed by atoms with van der Waals surface area (Å²) in [4.78, 5) is 12.1. The molecule has 0 fully saturated rings. The van der Waals surface area contributed by atoms with Gasteiger partial charge in [0.05, 0.1) is 12.8 Å². The van der Waals surface area contributed by atoms with Gasteiger partial charge >= 0.3 is 0 Å². The molecule has 1 amide bonds. The Morgan fingerprint density at radius 3 is 2.48 bits per heavy atom. The van der Waals surface area contributed by atoms with E-state index in [4.69, 9.17) is 4.42 Å². The van der Waals surface area contributed by atoms with E-state index in [0.717, 1.165) is 5.56 Å². The Balaban J connectivity index is 2.08. The highest BCUT2D eigenvalue weighted by Crippen LogP contribution is 2.22. The fourth-order valence-corrected chi connectivity index (χ4v) is 2.07. The Kier molecular flexibility index (Phi) is 5.02. The largest absolute Gasteiger partial charge is 0.467 e. The first kappa shape index (κ1) is 16.6. The first-order valence-electron chi connectivity index (χ1n) is 7.43. The van der Waals surface area contributed by atoms with E-state index in [2.05, 4.69) is 26.1 Å². The first-order valence-corrected chi connectivity index (χ1v) is 7.43. The van der Waals surface area contributed by atoms with Crippen LogP contribution in [-0.2, 0) is 16.8 Å². The molecule has 1 aromatic heterocycles. The van der Waals surface area contributed by atoms with Crippen molar-refractivity contribution in [3.05, 3.63) is 65.1 Å². The van der Waals surface area contributed by atoms with Crippen molar-refractivity contribution in [2.24, 2.45) is 0 Å². The highest BCUT2D eigenvalue weighted by atomic mass is 16.3. The van der Waals surface area contributed by atoms with Gasteiger partial charge < -0.3 is 9.73 Å². The number of carbonyl (C=O) groups is 1. The molecule has 1 N–H and O–H groups in total. The van der Waals surface area contributed by atoms with Crippen LogP contribution in [-0.4, -0.2) is 5.91 Å². The van der Waals surface area contributed by atoms with Gasteiger partial charge in [0.2, 0.25) is 0 Å². The number of hydrogen-bond donors (Lipinski definition) is 1. The maximum absolute atomic E-state index is 12.1. The Morgan fingerprint density at radius 2 is 1.96 bits per heavy atom. The minimum atomic E-state index is -0.413. The van der Waals surface area contributed by atoms with E-state index in [1.165, 1.54) is 5.56 Å². The zero-order valence-electron chi connectivity index (χ0n) is 13.6. The van der Waals surface area contributed by atoms with E-state index in [-0.39, 0.29) is 17.5 Å². The normalized spacial score (nSPS) is 11.8. The zero-order valence-corrected chi connectivity index (χ0v) is 13.6. The lowest BCUT2D eigenvalue weighted by Gasteiger charge is -2.18. The van der Waals surface area contributed by atoms with Crippen molar-refractivity contribution >= 4 is 12.0 Å². The van der Waals surface area contributed by atoms with Gasteiger partial charge in [0, 0.05) is 0 Å². The molecule has 0 aliphatic heterocycles. The summed E-state index contributed by atoms with van der Waals surface area (Å²) < 4.78 is 5.14. The highest BCUT2D eigenvalue weighted by Gasteiger charge is 2.13. The predicted octanol–water partition coefficient (Wildman–Crippen LogP) is 3.80. The summed E-state index contributed by atoms with van der Waals surface area (Å²) in [7, 11) is 0. The standard InChI is InChI=1S/C19H20N2O2/c1-19(2,3)16-8-6-14(7-9-16)11-15(12-20)18(22)21-13-17-5-4-10-23-17/h4-11H,13H2,1-3H3,(H,21,22)/b15-11-. The van der Waals surface area contributed by atoms with E-state index in [1.54, 1.807) is 24.5 Å². The number of rotatable bonds is 4. The summed E-state index contributed by atoms with van der Waals surface area (Å²) in [5, 5.41) is 11.9. The molecule has 2 rings (SSSR count). The van der Waals surface area contributed by atoms with Gasteiger partial charge in [-0.3, -0.25) is 4.79 Å². The number of carbonyl (C=O) groups excluding carboxylic acids is 1. The van der Waals surface area contributed by atoms with Gasteiger partial charge in [0.15, 0.2) is 0 Å². The Labute approximate surface area is 136 Å². The molecule has 0 unspecified atom stereocenters. The Hall–Kier alpha value is -2.80. The molecule has 23 heavy (non-hydrogen) atoms. The second-order valence-electron chi connectivity index (χ2n) is 6.30. The van der Waals surface area contributed by atoms with Gasteiger partial charge in [-0.05, 0) is 34.8 Å². The summed E-state index contributed by atoms with van der Waals surface area (Å²) in [6.07, 6.45) is 3.13. The molecule has 0 aliphatic rings. The summed E-state index contributed by atoms with van der Waals surface area (Å²) >= 11 is 0. The molecule has 1 aromatic carbocycles. The number of nitriles is 1. The van der Waals surface area contributed by atoms with Crippen LogP contribution in [0, 0.1) is 11.3 Å². The Morgan fingerprint density at radius 1 is 1.26 bits per heavy atom. The minimum Gasteiger partial charge on any atom is -0.467 e. The van der Waals surface area contributed by atoms with Crippen LogP contribution >= 0.6 is 0 Å². The predicted molar refractivity (Wildman–Crippen MR) is 89.3 cm³/mol. The molecular weight excluding hydrogens is 288 g/mol. The molecule has 118 valence electrons. The van der Waals surface area contributed by atoms with Crippen molar-refractivity contribution < 1.29 is 9.21 Å². The molecule has 0 atom stereocenters. The van der Waals surface area contributed by atoms with E-state index in [9.17, 15) is 10.1 Å². The maximum Gasteiger partial charge on any atom is 0.262 e. The van der Waals surface area contributed by atoms with Crippen molar-refractivity contribution in [2.45, 2.75) is 32.7 Å². The Bertz CT molecular complexity index is 727. The third-order valence-corrected chi connectivity index (χ3v) is 3.46. The molecule has 0 saturated carbocycles. The molecule has 4 nitrogen and oxygen atoms in total. The van der Waals surface area contributed by atoms with Crippen LogP contribution in [0.1, 0.15) is 37.7 Å². The third-order valence-electron chi connectivity index (χ3n) is 3.46. The quantitative estimate of drug-likeness (QED) is 0.690. The fraction of sp³-hybridized carbons (Fsp3) is 0.263. The molecule has 0 saturated heterocycles. The van der Waals surface area contributed by atoms with Gasteiger partial charge in [0.25, 0.3) is 5.91 Å².